The highest BCUT2D eigenvalue weighted by Crippen LogP contribution is 2.19. The largest absolute Gasteiger partial charge is 0.349 e. The molecule has 3 rings (SSSR count). The van der Waals surface area contributed by atoms with Crippen molar-refractivity contribution in [2.75, 3.05) is 16.0 Å². The van der Waals surface area contributed by atoms with E-state index in [1.54, 1.807) is 12.4 Å². The average molecular weight is 335 g/mol. The van der Waals surface area contributed by atoms with Gasteiger partial charge >= 0.3 is 0 Å². The van der Waals surface area contributed by atoms with Crippen molar-refractivity contribution in [3.05, 3.63) is 60.6 Å². The first-order valence-corrected chi connectivity index (χ1v) is 7.66. The lowest BCUT2D eigenvalue weighted by atomic mass is 10.2. The Kier molecular flexibility index (Phi) is 5.10. The summed E-state index contributed by atoms with van der Waals surface area (Å²) >= 11 is 0. The third kappa shape index (κ3) is 4.96. The molecule has 0 fully saturated rings. The molecule has 0 radical (unpaired) electrons. The van der Waals surface area contributed by atoms with E-state index in [-0.39, 0.29) is 5.91 Å². The van der Waals surface area contributed by atoms with Crippen LogP contribution in [-0.2, 0) is 11.3 Å². The molecule has 2 heterocycles. The molecular formula is C17H17N7O. The van der Waals surface area contributed by atoms with Crippen LogP contribution in [0.15, 0.2) is 55.0 Å². The van der Waals surface area contributed by atoms with E-state index in [1.165, 1.54) is 13.1 Å². The molecule has 0 aliphatic rings. The van der Waals surface area contributed by atoms with Crippen LogP contribution in [0.5, 0.6) is 0 Å². The topological polar surface area (TPSA) is 105 Å². The Hall–Kier alpha value is -3.55. The van der Waals surface area contributed by atoms with Gasteiger partial charge in [-0.1, -0.05) is 12.1 Å². The van der Waals surface area contributed by atoms with Gasteiger partial charge in [0.1, 0.15) is 0 Å². The smallest absolute Gasteiger partial charge is 0.244 e. The molecule has 2 aromatic heterocycles. The van der Waals surface area contributed by atoms with Crippen LogP contribution < -0.4 is 16.0 Å². The highest BCUT2D eigenvalue weighted by Gasteiger charge is 2.03. The Morgan fingerprint density at radius 1 is 1.12 bits per heavy atom. The van der Waals surface area contributed by atoms with Crippen LogP contribution in [0.25, 0.3) is 0 Å². The first kappa shape index (κ1) is 16.3. The number of hydrogen-bond donors (Lipinski definition) is 3. The SMILES string of the molecule is CC(=O)Nc1cccc(Nc2cnnc(NCc3cccnc3)n2)c1. The van der Waals surface area contributed by atoms with Gasteiger partial charge < -0.3 is 16.0 Å². The van der Waals surface area contributed by atoms with Crippen LogP contribution >= 0.6 is 0 Å². The fourth-order valence-corrected chi connectivity index (χ4v) is 2.15. The fraction of sp³-hybridized carbons (Fsp3) is 0.118. The lowest BCUT2D eigenvalue weighted by molar-refractivity contribution is -0.114. The molecule has 3 aromatic rings. The van der Waals surface area contributed by atoms with Gasteiger partial charge in [-0.25, -0.2) is 0 Å². The summed E-state index contributed by atoms with van der Waals surface area (Å²) < 4.78 is 0. The van der Waals surface area contributed by atoms with Crippen LogP contribution in [0.1, 0.15) is 12.5 Å². The van der Waals surface area contributed by atoms with Crippen molar-refractivity contribution in [3.8, 4) is 0 Å². The zero-order valence-electron chi connectivity index (χ0n) is 13.6. The number of rotatable bonds is 6. The van der Waals surface area contributed by atoms with Crippen LogP contribution in [-0.4, -0.2) is 26.1 Å². The summed E-state index contributed by atoms with van der Waals surface area (Å²) in [5, 5.41) is 16.9. The summed E-state index contributed by atoms with van der Waals surface area (Å²) in [5.41, 5.74) is 2.51. The first-order valence-electron chi connectivity index (χ1n) is 7.66. The molecule has 0 aliphatic carbocycles. The van der Waals surface area contributed by atoms with Gasteiger partial charge in [0, 0.05) is 37.2 Å². The third-order valence-corrected chi connectivity index (χ3v) is 3.19. The van der Waals surface area contributed by atoms with Gasteiger partial charge in [0.15, 0.2) is 5.82 Å². The summed E-state index contributed by atoms with van der Waals surface area (Å²) in [6.45, 7) is 2.02. The Bertz CT molecular complexity index is 854. The number of nitrogens with one attached hydrogen (secondary N) is 3. The van der Waals surface area contributed by atoms with Crippen LogP contribution in [0.4, 0.5) is 23.1 Å². The molecule has 8 heteroatoms. The number of nitrogens with zero attached hydrogens (tertiary/aromatic N) is 4. The molecule has 8 nitrogen and oxygen atoms in total. The molecule has 0 saturated heterocycles. The van der Waals surface area contributed by atoms with Gasteiger partial charge in [-0.05, 0) is 29.8 Å². The zero-order valence-corrected chi connectivity index (χ0v) is 13.6. The van der Waals surface area contributed by atoms with E-state index < -0.39 is 0 Å². The van der Waals surface area contributed by atoms with Crippen molar-refractivity contribution in [2.24, 2.45) is 0 Å². The molecule has 1 amide bonds. The highest BCUT2D eigenvalue weighted by molar-refractivity contribution is 5.89. The number of carbonyl (C=O) groups is 1. The second-order valence-corrected chi connectivity index (χ2v) is 5.27. The molecule has 0 atom stereocenters. The van der Waals surface area contributed by atoms with Gasteiger partial charge in [0.05, 0.1) is 6.20 Å². The second-order valence-electron chi connectivity index (χ2n) is 5.27. The van der Waals surface area contributed by atoms with E-state index in [0.717, 1.165) is 11.3 Å². The van der Waals surface area contributed by atoms with Crippen molar-refractivity contribution in [2.45, 2.75) is 13.5 Å². The molecule has 126 valence electrons. The zero-order chi connectivity index (χ0) is 17.5. The molecule has 0 spiro atoms. The van der Waals surface area contributed by atoms with Crippen molar-refractivity contribution >= 4 is 29.0 Å². The van der Waals surface area contributed by atoms with Gasteiger partial charge in [0.2, 0.25) is 11.9 Å². The van der Waals surface area contributed by atoms with Crippen molar-refractivity contribution in [1.82, 2.24) is 20.2 Å². The maximum atomic E-state index is 11.1. The van der Waals surface area contributed by atoms with Crippen LogP contribution in [0.3, 0.4) is 0 Å². The minimum Gasteiger partial charge on any atom is -0.349 e. The number of benzene rings is 1. The van der Waals surface area contributed by atoms with E-state index in [9.17, 15) is 4.79 Å². The van der Waals surface area contributed by atoms with Crippen molar-refractivity contribution in [1.29, 1.82) is 0 Å². The fourth-order valence-electron chi connectivity index (χ4n) is 2.15. The quantitative estimate of drug-likeness (QED) is 0.636. The Morgan fingerprint density at radius 2 is 2.00 bits per heavy atom. The summed E-state index contributed by atoms with van der Waals surface area (Å²) in [7, 11) is 0. The molecule has 0 saturated carbocycles. The van der Waals surface area contributed by atoms with Crippen LogP contribution in [0.2, 0.25) is 0 Å². The molecule has 25 heavy (non-hydrogen) atoms. The molecule has 1 aromatic carbocycles. The van der Waals surface area contributed by atoms with E-state index >= 15 is 0 Å². The normalized spacial score (nSPS) is 10.1. The number of anilines is 4. The summed E-state index contributed by atoms with van der Waals surface area (Å²) in [6.07, 6.45) is 5.03. The standard InChI is InChI=1S/C17H17N7O/c1-12(25)21-14-5-2-6-15(8-14)22-16-11-20-24-17(23-16)19-10-13-4-3-7-18-9-13/h2-9,11H,10H2,1H3,(H,21,25)(H2,19,22,23,24). The van der Waals surface area contributed by atoms with Crippen molar-refractivity contribution in [3.63, 3.8) is 0 Å². The average Bonchev–Trinajstić information content (AvgIpc) is 2.61. The van der Waals surface area contributed by atoms with Crippen molar-refractivity contribution < 1.29 is 4.79 Å². The minimum absolute atomic E-state index is 0.122. The summed E-state index contributed by atoms with van der Waals surface area (Å²) in [6, 6.07) is 11.2. The van der Waals surface area contributed by atoms with E-state index in [2.05, 4.69) is 36.1 Å². The Labute approximate surface area is 144 Å². The minimum atomic E-state index is -0.122. The third-order valence-electron chi connectivity index (χ3n) is 3.19. The molecule has 0 bridgehead atoms. The molecule has 3 N–H and O–H groups in total. The lowest BCUT2D eigenvalue weighted by Gasteiger charge is -2.09. The number of aromatic nitrogens is 4. The van der Waals surface area contributed by atoms with Gasteiger partial charge in [-0.15, -0.1) is 5.10 Å². The number of carbonyl (C=O) groups excluding carboxylic acids is 1. The Morgan fingerprint density at radius 3 is 2.80 bits per heavy atom. The van der Waals surface area contributed by atoms with Gasteiger partial charge in [0.25, 0.3) is 0 Å². The monoisotopic (exact) mass is 335 g/mol. The highest BCUT2D eigenvalue weighted by atomic mass is 16.1. The first-order chi connectivity index (χ1) is 12.2. The van der Waals surface area contributed by atoms with Gasteiger partial charge in [-0.2, -0.15) is 10.1 Å². The number of amides is 1. The maximum Gasteiger partial charge on any atom is 0.244 e. The number of hydrogen-bond acceptors (Lipinski definition) is 7. The Balaban J connectivity index is 1.66. The molecule has 0 aliphatic heterocycles. The van der Waals surface area contributed by atoms with E-state index in [4.69, 9.17) is 0 Å². The predicted molar refractivity (Wildman–Crippen MR) is 95.4 cm³/mol. The molecular weight excluding hydrogens is 318 g/mol. The van der Waals surface area contributed by atoms with Crippen LogP contribution in [0, 0.1) is 0 Å². The molecule has 0 unspecified atom stereocenters. The van der Waals surface area contributed by atoms with Gasteiger partial charge in [-0.3, -0.25) is 9.78 Å². The predicted octanol–water partition coefficient (Wildman–Crippen LogP) is 2.58. The summed E-state index contributed by atoms with van der Waals surface area (Å²) in [4.78, 5) is 19.6. The maximum absolute atomic E-state index is 11.1. The number of pyridine rings is 1. The summed E-state index contributed by atoms with van der Waals surface area (Å²) in [5.74, 6) is 0.832. The second kappa shape index (κ2) is 7.82. The van der Waals surface area contributed by atoms with E-state index in [0.29, 0.717) is 24.0 Å². The lowest BCUT2D eigenvalue weighted by Crippen LogP contribution is -2.07. The van der Waals surface area contributed by atoms with E-state index in [1.807, 2.05) is 36.4 Å².